The van der Waals surface area contributed by atoms with Gasteiger partial charge in [0, 0.05) is 18.0 Å². The molecular weight excluding hydrogens is 390 g/mol. The van der Waals surface area contributed by atoms with Crippen LogP contribution in [-0.2, 0) is 6.42 Å². The van der Waals surface area contributed by atoms with Crippen molar-refractivity contribution >= 4 is 11.8 Å². The van der Waals surface area contributed by atoms with Crippen LogP contribution in [0.5, 0.6) is 0 Å². The minimum atomic E-state index is -0.273. The zero-order chi connectivity index (χ0) is 20.9. The molecular formula is C24H21N5S. The van der Waals surface area contributed by atoms with Crippen molar-refractivity contribution < 1.29 is 0 Å². The standard InChI is InChI=1S/C24H21N5S/c1-17-7-9-19(10-8-17)15-21(16-25)30-24-28-27-23(20-11-13-26-14-12-20)29(24)22-6-4-3-5-18(22)2/h3-14,21H,15H2,1-2H3. The first-order valence-electron chi connectivity index (χ1n) is 9.69. The summed E-state index contributed by atoms with van der Waals surface area (Å²) >= 11 is 1.45. The summed E-state index contributed by atoms with van der Waals surface area (Å²) in [5.74, 6) is 0.737. The van der Waals surface area contributed by atoms with Gasteiger partial charge in [-0.15, -0.1) is 10.2 Å². The van der Waals surface area contributed by atoms with Crippen molar-refractivity contribution in [3.63, 3.8) is 0 Å². The average molecular weight is 412 g/mol. The van der Waals surface area contributed by atoms with Gasteiger partial charge in [0.15, 0.2) is 11.0 Å². The zero-order valence-electron chi connectivity index (χ0n) is 16.9. The lowest BCUT2D eigenvalue weighted by molar-refractivity contribution is 0.872. The summed E-state index contributed by atoms with van der Waals surface area (Å²) in [6.07, 6.45) is 4.13. The monoisotopic (exact) mass is 411 g/mol. The molecule has 0 saturated carbocycles. The highest BCUT2D eigenvalue weighted by molar-refractivity contribution is 8.00. The number of thioether (sulfide) groups is 1. The van der Waals surface area contributed by atoms with Crippen LogP contribution < -0.4 is 0 Å². The van der Waals surface area contributed by atoms with E-state index < -0.39 is 0 Å². The van der Waals surface area contributed by atoms with Crippen LogP contribution in [0.25, 0.3) is 17.1 Å². The molecule has 0 bridgehead atoms. The van der Waals surface area contributed by atoms with Crippen LogP contribution in [0.1, 0.15) is 16.7 Å². The number of rotatable bonds is 6. The van der Waals surface area contributed by atoms with Gasteiger partial charge in [0.2, 0.25) is 0 Å². The van der Waals surface area contributed by atoms with Crippen LogP contribution in [0.3, 0.4) is 0 Å². The predicted molar refractivity (Wildman–Crippen MR) is 119 cm³/mol. The Morgan fingerprint density at radius 2 is 1.70 bits per heavy atom. The van der Waals surface area contributed by atoms with Crippen molar-refractivity contribution in [1.82, 2.24) is 19.7 Å². The highest BCUT2D eigenvalue weighted by Crippen LogP contribution is 2.32. The molecule has 4 rings (SSSR count). The summed E-state index contributed by atoms with van der Waals surface area (Å²) in [5, 5.41) is 19.2. The summed E-state index contributed by atoms with van der Waals surface area (Å²) in [6, 6.07) is 22.7. The topological polar surface area (TPSA) is 67.4 Å². The van der Waals surface area contributed by atoms with E-state index in [0.717, 1.165) is 28.2 Å². The van der Waals surface area contributed by atoms with Crippen LogP contribution in [0.4, 0.5) is 0 Å². The van der Waals surface area contributed by atoms with E-state index in [2.05, 4.69) is 71.5 Å². The minimum Gasteiger partial charge on any atom is -0.270 e. The molecule has 4 aromatic rings. The Bertz CT molecular complexity index is 1180. The molecule has 2 heterocycles. The van der Waals surface area contributed by atoms with E-state index >= 15 is 0 Å². The predicted octanol–water partition coefficient (Wildman–Crippen LogP) is 5.17. The maximum absolute atomic E-state index is 9.81. The highest BCUT2D eigenvalue weighted by Gasteiger charge is 2.21. The number of aromatic nitrogens is 4. The normalized spacial score (nSPS) is 11.8. The van der Waals surface area contributed by atoms with E-state index in [1.54, 1.807) is 12.4 Å². The summed E-state index contributed by atoms with van der Waals surface area (Å²) in [6.45, 7) is 4.12. The molecule has 0 fully saturated rings. The van der Waals surface area contributed by atoms with Gasteiger partial charge in [0.05, 0.1) is 11.8 Å². The van der Waals surface area contributed by atoms with Gasteiger partial charge in [0.1, 0.15) is 5.25 Å². The number of benzene rings is 2. The van der Waals surface area contributed by atoms with Crippen LogP contribution >= 0.6 is 11.8 Å². The lowest BCUT2D eigenvalue weighted by Gasteiger charge is -2.14. The van der Waals surface area contributed by atoms with Gasteiger partial charge in [0.25, 0.3) is 0 Å². The molecule has 5 nitrogen and oxygen atoms in total. The quantitative estimate of drug-likeness (QED) is 0.409. The molecule has 6 heteroatoms. The van der Waals surface area contributed by atoms with Crippen molar-refractivity contribution in [2.75, 3.05) is 0 Å². The van der Waals surface area contributed by atoms with Crippen LogP contribution in [-0.4, -0.2) is 25.0 Å². The van der Waals surface area contributed by atoms with Crippen molar-refractivity contribution in [3.8, 4) is 23.1 Å². The number of aryl methyl sites for hydroxylation is 2. The zero-order valence-corrected chi connectivity index (χ0v) is 17.7. The van der Waals surface area contributed by atoms with Crippen LogP contribution in [0.2, 0.25) is 0 Å². The second kappa shape index (κ2) is 8.93. The lowest BCUT2D eigenvalue weighted by Crippen LogP contribution is -2.08. The molecule has 148 valence electrons. The summed E-state index contributed by atoms with van der Waals surface area (Å²) in [5.41, 5.74) is 5.39. The van der Waals surface area contributed by atoms with Gasteiger partial charge < -0.3 is 0 Å². The van der Waals surface area contributed by atoms with E-state index in [9.17, 15) is 5.26 Å². The van der Waals surface area contributed by atoms with Gasteiger partial charge in [-0.05, 0) is 49.6 Å². The second-order valence-electron chi connectivity index (χ2n) is 7.09. The minimum absolute atomic E-state index is 0.273. The number of hydrogen-bond acceptors (Lipinski definition) is 5. The summed E-state index contributed by atoms with van der Waals surface area (Å²) in [7, 11) is 0. The highest BCUT2D eigenvalue weighted by atomic mass is 32.2. The number of pyridine rings is 1. The summed E-state index contributed by atoms with van der Waals surface area (Å²) in [4.78, 5) is 4.11. The fraction of sp³-hybridized carbons (Fsp3) is 0.167. The van der Waals surface area contributed by atoms with Crippen LogP contribution in [0, 0.1) is 25.2 Å². The molecule has 2 aromatic carbocycles. The molecule has 0 amide bonds. The molecule has 0 spiro atoms. The molecule has 0 saturated heterocycles. The maximum Gasteiger partial charge on any atom is 0.197 e. The number of hydrogen-bond donors (Lipinski definition) is 0. The van der Waals surface area contributed by atoms with Gasteiger partial charge in [-0.25, -0.2) is 0 Å². The first-order chi connectivity index (χ1) is 14.7. The number of para-hydroxylation sites is 1. The van der Waals surface area contributed by atoms with Gasteiger partial charge in [-0.1, -0.05) is 59.8 Å². The Morgan fingerprint density at radius 1 is 0.967 bits per heavy atom. The molecule has 1 atom stereocenters. The molecule has 0 aliphatic rings. The number of nitrogens with zero attached hydrogens (tertiary/aromatic N) is 5. The number of nitriles is 1. The Kier molecular flexibility index (Phi) is 5.92. The summed E-state index contributed by atoms with van der Waals surface area (Å²) < 4.78 is 2.04. The SMILES string of the molecule is Cc1ccc(CC(C#N)Sc2nnc(-c3ccncc3)n2-c2ccccc2C)cc1. The van der Waals surface area contributed by atoms with Gasteiger partial charge in [-0.2, -0.15) is 5.26 Å². The fourth-order valence-corrected chi connectivity index (χ4v) is 4.21. The molecule has 0 radical (unpaired) electrons. The first-order valence-corrected chi connectivity index (χ1v) is 10.6. The Labute approximate surface area is 180 Å². The van der Waals surface area contributed by atoms with Gasteiger partial charge in [-0.3, -0.25) is 9.55 Å². The molecule has 30 heavy (non-hydrogen) atoms. The average Bonchev–Trinajstić information content (AvgIpc) is 3.19. The maximum atomic E-state index is 9.81. The smallest absolute Gasteiger partial charge is 0.197 e. The van der Waals surface area contributed by atoms with E-state index in [1.165, 1.54) is 17.3 Å². The van der Waals surface area contributed by atoms with E-state index in [4.69, 9.17) is 0 Å². The molecule has 2 aromatic heterocycles. The third-order valence-electron chi connectivity index (χ3n) is 4.86. The van der Waals surface area contributed by atoms with E-state index in [-0.39, 0.29) is 5.25 Å². The third-order valence-corrected chi connectivity index (χ3v) is 5.89. The third kappa shape index (κ3) is 4.27. The Hall–Kier alpha value is -3.43. The second-order valence-corrected chi connectivity index (χ2v) is 8.26. The first kappa shape index (κ1) is 19.9. The lowest BCUT2D eigenvalue weighted by atomic mass is 10.1. The molecule has 0 aliphatic carbocycles. The van der Waals surface area contributed by atoms with Crippen molar-refractivity contribution in [2.24, 2.45) is 0 Å². The molecule has 1 unspecified atom stereocenters. The van der Waals surface area contributed by atoms with E-state index in [0.29, 0.717) is 11.6 Å². The Balaban J connectivity index is 1.72. The van der Waals surface area contributed by atoms with Crippen molar-refractivity contribution in [2.45, 2.75) is 30.7 Å². The van der Waals surface area contributed by atoms with Gasteiger partial charge >= 0.3 is 0 Å². The van der Waals surface area contributed by atoms with E-state index in [1.807, 2.05) is 28.8 Å². The van der Waals surface area contributed by atoms with Crippen LogP contribution in [0.15, 0.2) is 78.2 Å². The largest absolute Gasteiger partial charge is 0.270 e. The molecule has 0 N–H and O–H groups in total. The van der Waals surface area contributed by atoms with Crippen molar-refractivity contribution in [3.05, 3.63) is 89.7 Å². The fourth-order valence-electron chi connectivity index (χ4n) is 3.24. The Morgan fingerprint density at radius 3 is 2.40 bits per heavy atom. The molecule has 0 aliphatic heterocycles. The van der Waals surface area contributed by atoms with Crippen molar-refractivity contribution in [1.29, 1.82) is 5.26 Å².